The minimum Gasteiger partial charge on any atom is -0.422 e. The van der Waals surface area contributed by atoms with Gasteiger partial charge in [0.15, 0.2) is 6.23 Å². The van der Waals surface area contributed by atoms with Crippen molar-refractivity contribution in [2.75, 3.05) is 6.61 Å². The van der Waals surface area contributed by atoms with Crippen LogP contribution in [0.15, 0.2) is 6.20 Å². The highest BCUT2D eigenvalue weighted by Crippen LogP contribution is 2.19. The topological polar surface area (TPSA) is 80.4 Å². The average Bonchev–Trinajstić information content (AvgIpc) is 2.68. The number of ether oxygens (including phenoxy) is 1. The van der Waals surface area contributed by atoms with E-state index >= 15 is 0 Å². The summed E-state index contributed by atoms with van der Waals surface area (Å²) in [6, 6.07) is 0. The van der Waals surface area contributed by atoms with E-state index in [1.54, 1.807) is 0 Å². The van der Waals surface area contributed by atoms with Crippen molar-refractivity contribution < 1.29 is 14.8 Å². The van der Waals surface area contributed by atoms with Crippen molar-refractivity contribution in [1.29, 1.82) is 0 Å². The molecule has 1 aromatic heterocycles. The third-order valence-corrected chi connectivity index (χ3v) is 2.20. The second-order valence-corrected chi connectivity index (χ2v) is 3.28. The number of aromatic nitrogens is 3. The maximum Gasteiger partial charge on any atom is 0.511 e. The van der Waals surface area contributed by atoms with E-state index in [-0.39, 0.29) is 11.8 Å². The molecule has 2 N–H and O–H groups in total. The van der Waals surface area contributed by atoms with E-state index in [1.807, 2.05) is 0 Å². The van der Waals surface area contributed by atoms with Gasteiger partial charge in [-0.25, -0.2) is 0 Å². The third kappa shape index (κ3) is 1.94. The molecule has 1 aliphatic heterocycles. The summed E-state index contributed by atoms with van der Waals surface area (Å²) in [7, 11) is -1.56. The molecule has 0 aliphatic carbocycles. The van der Waals surface area contributed by atoms with Crippen LogP contribution in [0, 0.1) is 0 Å². The van der Waals surface area contributed by atoms with Crippen molar-refractivity contribution >= 4 is 12.7 Å². The van der Waals surface area contributed by atoms with E-state index in [2.05, 4.69) is 10.2 Å². The van der Waals surface area contributed by atoms with Gasteiger partial charge in [0.1, 0.15) is 5.59 Å². The number of hydrogen-bond acceptors (Lipinski definition) is 5. The fourth-order valence-electron chi connectivity index (χ4n) is 1.45. The van der Waals surface area contributed by atoms with E-state index in [0.717, 1.165) is 19.3 Å². The van der Waals surface area contributed by atoms with Crippen LogP contribution < -0.4 is 5.59 Å². The fourth-order valence-corrected chi connectivity index (χ4v) is 1.45. The molecule has 2 heterocycles. The second-order valence-electron chi connectivity index (χ2n) is 3.28. The molecule has 0 spiro atoms. The summed E-state index contributed by atoms with van der Waals surface area (Å²) in [4.78, 5) is 1.40. The maximum atomic E-state index is 8.83. The molecule has 6 nitrogen and oxygen atoms in total. The largest absolute Gasteiger partial charge is 0.511 e. The molecule has 1 atom stereocenters. The van der Waals surface area contributed by atoms with E-state index in [4.69, 9.17) is 14.8 Å². The van der Waals surface area contributed by atoms with Crippen LogP contribution in [0.25, 0.3) is 0 Å². The standard InChI is InChI=1S/C7H12BN3O3/c12-8(13)6-5-9-11(10-6)7-3-1-2-4-14-7/h5,7,12-13H,1-4H2. The zero-order chi connectivity index (χ0) is 9.97. The Hall–Kier alpha value is -0.915. The van der Waals surface area contributed by atoms with Crippen molar-refractivity contribution in [2.45, 2.75) is 25.5 Å². The van der Waals surface area contributed by atoms with Gasteiger partial charge in [0, 0.05) is 6.61 Å². The maximum absolute atomic E-state index is 8.83. The molecule has 1 fully saturated rings. The summed E-state index contributed by atoms with van der Waals surface area (Å²) < 4.78 is 5.43. The van der Waals surface area contributed by atoms with Crippen molar-refractivity contribution in [3.63, 3.8) is 0 Å². The first kappa shape index (κ1) is 9.63. The van der Waals surface area contributed by atoms with Gasteiger partial charge in [0.05, 0.1) is 6.20 Å². The zero-order valence-electron chi connectivity index (χ0n) is 7.70. The number of rotatable bonds is 2. The van der Waals surface area contributed by atoms with Gasteiger partial charge in [-0.05, 0) is 19.3 Å². The van der Waals surface area contributed by atoms with Gasteiger partial charge < -0.3 is 14.8 Å². The Morgan fingerprint density at radius 2 is 2.36 bits per heavy atom. The molecule has 76 valence electrons. The minimum atomic E-state index is -1.56. The molecule has 0 aromatic carbocycles. The van der Waals surface area contributed by atoms with E-state index < -0.39 is 7.12 Å². The molecule has 0 saturated carbocycles. The lowest BCUT2D eigenvalue weighted by Gasteiger charge is -2.21. The van der Waals surface area contributed by atoms with Crippen molar-refractivity contribution in [3.8, 4) is 0 Å². The first-order valence-corrected chi connectivity index (χ1v) is 4.67. The molecule has 0 radical (unpaired) electrons. The summed E-state index contributed by atoms with van der Waals surface area (Å²) in [5, 5.41) is 25.5. The Kier molecular flexibility index (Phi) is 2.81. The molecule has 1 aromatic rings. The first-order chi connectivity index (χ1) is 6.77. The van der Waals surface area contributed by atoms with Crippen LogP contribution in [0.2, 0.25) is 0 Å². The van der Waals surface area contributed by atoms with Crippen LogP contribution in [-0.2, 0) is 4.74 Å². The van der Waals surface area contributed by atoms with Gasteiger partial charge in [-0.2, -0.15) is 15.0 Å². The van der Waals surface area contributed by atoms with Crippen molar-refractivity contribution in [3.05, 3.63) is 6.20 Å². The van der Waals surface area contributed by atoms with Crippen LogP contribution >= 0.6 is 0 Å². The molecule has 1 saturated heterocycles. The van der Waals surface area contributed by atoms with Crippen LogP contribution in [0.3, 0.4) is 0 Å². The van der Waals surface area contributed by atoms with Gasteiger partial charge in [-0.15, -0.1) is 0 Å². The second kappa shape index (κ2) is 4.08. The molecule has 0 bridgehead atoms. The Morgan fingerprint density at radius 1 is 1.50 bits per heavy atom. The first-order valence-electron chi connectivity index (χ1n) is 4.67. The smallest absolute Gasteiger partial charge is 0.422 e. The van der Waals surface area contributed by atoms with Gasteiger partial charge in [-0.3, -0.25) is 0 Å². The lowest BCUT2D eigenvalue weighted by atomic mass is 9.87. The zero-order valence-corrected chi connectivity index (χ0v) is 7.70. The van der Waals surface area contributed by atoms with E-state index in [0.29, 0.717) is 6.61 Å². The van der Waals surface area contributed by atoms with Crippen molar-refractivity contribution in [2.24, 2.45) is 0 Å². The Balaban J connectivity index is 2.07. The lowest BCUT2D eigenvalue weighted by molar-refractivity contribution is -0.0478. The van der Waals surface area contributed by atoms with Gasteiger partial charge >= 0.3 is 7.12 Å². The molecule has 0 amide bonds. The Morgan fingerprint density at radius 3 is 2.93 bits per heavy atom. The summed E-state index contributed by atoms with van der Waals surface area (Å²) in [5.74, 6) is 0. The molecular formula is C7H12BN3O3. The molecular weight excluding hydrogens is 185 g/mol. The summed E-state index contributed by atoms with van der Waals surface area (Å²) in [6.07, 6.45) is 4.20. The quantitative estimate of drug-likeness (QED) is 0.573. The number of hydrogen-bond donors (Lipinski definition) is 2. The van der Waals surface area contributed by atoms with Gasteiger partial charge in [0.25, 0.3) is 0 Å². The average molecular weight is 197 g/mol. The van der Waals surface area contributed by atoms with E-state index in [1.165, 1.54) is 11.0 Å². The monoisotopic (exact) mass is 197 g/mol. The van der Waals surface area contributed by atoms with Crippen LogP contribution in [0.4, 0.5) is 0 Å². The van der Waals surface area contributed by atoms with Crippen molar-refractivity contribution in [1.82, 2.24) is 15.0 Å². The Bertz CT molecular complexity index is 298. The Labute approximate surface area is 81.6 Å². The highest BCUT2D eigenvalue weighted by Gasteiger charge is 2.21. The van der Waals surface area contributed by atoms with Crippen LogP contribution in [-0.4, -0.2) is 38.8 Å². The molecule has 14 heavy (non-hydrogen) atoms. The third-order valence-electron chi connectivity index (χ3n) is 2.20. The molecule has 1 unspecified atom stereocenters. The summed E-state index contributed by atoms with van der Waals surface area (Å²) in [6.45, 7) is 0.712. The van der Waals surface area contributed by atoms with E-state index in [9.17, 15) is 0 Å². The van der Waals surface area contributed by atoms with Crippen LogP contribution in [0.1, 0.15) is 25.5 Å². The molecule has 2 rings (SSSR count). The predicted octanol–water partition coefficient (Wildman–Crippen LogP) is -1.34. The highest BCUT2D eigenvalue weighted by atomic mass is 16.5. The van der Waals surface area contributed by atoms with Crippen LogP contribution in [0.5, 0.6) is 0 Å². The predicted molar refractivity (Wildman–Crippen MR) is 48.7 cm³/mol. The highest BCUT2D eigenvalue weighted by molar-refractivity contribution is 6.57. The lowest BCUT2D eigenvalue weighted by Crippen LogP contribution is -2.32. The molecule has 1 aliphatic rings. The minimum absolute atomic E-state index is 0.152. The SMILES string of the molecule is OB(O)c1cnn(C2CCCCO2)n1. The summed E-state index contributed by atoms with van der Waals surface area (Å²) >= 11 is 0. The fraction of sp³-hybridized carbons (Fsp3) is 0.714. The van der Waals surface area contributed by atoms with Gasteiger partial charge in [-0.1, -0.05) is 0 Å². The van der Waals surface area contributed by atoms with Gasteiger partial charge in [0.2, 0.25) is 0 Å². The summed E-state index contributed by atoms with van der Waals surface area (Å²) in [5.41, 5.74) is 0.152. The normalized spacial score (nSPS) is 22.3. The molecule has 7 heteroatoms. The number of nitrogens with zero attached hydrogens (tertiary/aromatic N) is 3.